The molecule has 1 aromatic heterocycles. The molecule has 0 saturated heterocycles. The van der Waals surface area contributed by atoms with E-state index in [2.05, 4.69) is 10.6 Å². The molecule has 2 N–H and O–H groups in total. The number of halogens is 2. The van der Waals surface area contributed by atoms with E-state index in [4.69, 9.17) is 0 Å². The molecule has 1 aromatic carbocycles. The van der Waals surface area contributed by atoms with Gasteiger partial charge in [-0.25, -0.2) is 8.78 Å². The molecule has 5 nitrogen and oxygen atoms in total. The van der Waals surface area contributed by atoms with Crippen LogP contribution in [0.15, 0.2) is 30.3 Å². The van der Waals surface area contributed by atoms with Crippen molar-refractivity contribution in [2.45, 2.75) is 32.9 Å². The third-order valence-electron chi connectivity index (χ3n) is 4.05. The molecule has 0 saturated carbocycles. The van der Waals surface area contributed by atoms with Gasteiger partial charge >= 0.3 is 0 Å². The van der Waals surface area contributed by atoms with E-state index in [1.54, 1.807) is 0 Å². The highest BCUT2D eigenvalue weighted by Gasteiger charge is 2.21. The third kappa shape index (κ3) is 4.89. The van der Waals surface area contributed by atoms with Crippen molar-refractivity contribution < 1.29 is 18.4 Å². The number of benzene rings is 1. The summed E-state index contributed by atoms with van der Waals surface area (Å²) in [7, 11) is 1.89. The van der Waals surface area contributed by atoms with Crippen LogP contribution >= 0.6 is 0 Å². The monoisotopic (exact) mass is 349 g/mol. The summed E-state index contributed by atoms with van der Waals surface area (Å²) < 4.78 is 29.0. The normalized spacial score (nSPS) is 11.9. The molecule has 25 heavy (non-hydrogen) atoms. The zero-order valence-corrected chi connectivity index (χ0v) is 14.4. The standard InChI is InChI=1S/C18H21F2N3O2/c1-11-4-6-14(23(11)3)10-21-18(25)9-17(22-12(2)24)15-7-5-13(19)8-16(15)20/h4-8,17H,9-10H2,1-3H3,(H,21,25)(H,22,24)/t17-/m1/s1. The summed E-state index contributed by atoms with van der Waals surface area (Å²) in [6.45, 7) is 3.55. The van der Waals surface area contributed by atoms with E-state index < -0.39 is 23.6 Å². The molecule has 2 aromatic rings. The lowest BCUT2D eigenvalue weighted by Gasteiger charge is -2.19. The number of hydrogen-bond acceptors (Lipinski definition) is 2. The van der Waals surface area contributed by atoms with Gasteiger partial charge in [-0.1, -0.05) is 6.07 Å². The lowest BCUT2D eigenvalue weighted by molar-refractivity contribution is -0.123. The average molecular weight is 349 g/mol. The van der Waals surface area contributed by atoms with Gasteiger partial charge in [-0.15, -0.1) is 0 Å². The van der Waals surface area contributed by atoms with Gasteiger partial charge in [0.2, 0.25) is 11.8 Å². The lowest BCUT2D eigenvalue weighted by Crippen LogP contribution is -2.33. The zero-order chi connectivity index (χ0) is 18.6. The van der Waals surface area contributed by atoms with Gasteiger partial charge in [-0.05, 0) is 25.1 Å². The number of carbonyl (C=O) groups excluding carboxylic acids is 2. The van der Waals surface area contributed by atoms with Gasteiger partial charge in [0.15, 0.2) is 0 Å². The van der Waals surface area contributed by atoms with Crippen LogP contribution < -0.4 is 10.6 Å². The highest BCUT2D eigenvalue weighted by Crippen LogP contribution is 2.21. The molecule has 0 aliphatic heterocycles. The fraction of sp³-hybridized carbons (Fsp3) is 0.333. The topological polar surface area (TPSA) is 63.1 Å². The molecule has 2 rings (SSSR count). The van der Waals surface area contributed by atoms with E-state index in [0.29, 0.717) is 6.54 Å². The van der Waals surface area contributed by atoms with Gasteiger partial charge in [0.1, 0.15) is 11.6 Å². The summed E-state index contributed by atoms with van der Waals surface area (Å²) in [5, 5.41) is 5.28. The second-order valence-corrected chi connectivity index (χ2v) is 5.92. The van der Waals surface area contributed by atoms with Crippen molar-refractivity contribution in [1.29, 1.82) is 0 Å². The number of carbonyl (C=O) groups is 2. The van der Waals surface area contributed by atoms with Crippen LogP contribution in [-0.4, -0.2) is 16.4 Å². The van der Waals surface area contributed by atoms with Gasteiger partial charge < -0.3 is 15.2 Å². The Morgan fingerprint density at radius 2 is 1.92 bits per heavy atom. The summed E-state index contributed by atoms with van der Waals surface area (Å²) in [4.78, 5) is 23.6. The van der Waals surface area contributed by atoms with Crippen molar-refractivity contribution >= 4 is 11.8 Å². The Morgan fingerprint density at radius 1 is 1.20 bits per heavy atom. The molecule has 1 atom stereocenters. The number of nitrogens with zero attached hydrogens (tertiary/aromatic N) is 1. The van der Waals surface area contributed by atoms with Crippen LogP contribution in [0.1, 0.15) is 36.3 Å². The molecule has 0 spiro atoms. The predicted molar refractivity (Wildman–Crippen MR) is 89.5 cm³/mol. The largest absolute Gasteiger partial charge is 0.350 e. The minimum absolute atomic E-state index is 0.0708. The number of hydrogen-bond donors (Lipinski definition) is 2. The Morgan fingerprint density at radius 3 is 2.48 bits per heavy atom. The van der Waals surface area contributed by atoms with Gasteiger partial charge in [0.25, 0.3) is 0 Å². The van der Waals surface area contributed by atoms with E-state index in [0.717, 1.165) is 23.5 Å². The van der Waals surface area contributed by atoms with Crippen molar-refractivity contribution in [3.63, 3.8) is 0 Å². The molecule has 0 fully saturated rings. The van der Waals surface area contributed by atoms with Gasteiger partial charge in [0.05, 0.1) is 19.0 Å². The van der Waals surface area contributed by atoms with Crippen molar-refractivity contribution in [2.24, 2.45) is 7.05 Å². The van der Waals surface area contributed by atoms with E-state index in [-0.39, 0.29) is 17.9 Å². The third-order valence-corrected chi connectivity index (χ3v) is 4.05. The van der Waals surface area contributed by atoms with Crippen LogP contribution in [0.2, 0.25) is 0 Å². The number of nitrogens with one attached hydrogen (secondary N) is 2. The second kappa shape index (κ2) is 7.92. The van der Waals surface area contributed by atoms with Crippen LogP contribution in [0.5, 0.6) is 0 Å². The fourth-order valence-corrected chi connectivity index (χ4v) is 2.56. The van der Waals surface area contributed by atoms with Crippen molar-refractivity contribution in [3.8, 4) is 0 Å². The van der Waals surface area contributed by atoms with Crippen LogP contribution in [0.3, 0.4) is 0 Å². The van der Waals surface area contributed by atoms with E-state index in [9.17, 15) is 18.4 Å². The molecule has 0 aliphatic rings. The lowest BCUT2D eigenvalue weighted by atomic mass is 10.0. The Kier molecular flexibility index (Phi) is 5.90. The number of aryl methyl sites for hydroxylation is 1. The predicted octanol–water partition coefficient (Wildman–Crippen LogP) is 2.50. The number of aromatic nitrogens is 1. The van der Waals surface area contributed by atoms with Crippen LogP contribution in [0.25, 0.3) is 0 Å². The summed E-state index contributed by atoms with van der Waals surface area (Å²) in [6, 6.07) is 6.04. The Hall–Kier alpha value is -2.70. The molecule has 1 heterocycles. The first kappa shape index (κ1) is 18.6. The first-order chi connectivity index (χ1) is 11.8. The minimum Gasteiger partial charge on any atom is -0.350 e. The summed E-state index contributed by atoms with van der Waals surface area (Å²) >= 11 is 0. The molecular formula is C18H21F2N3O2. The highest BCUT2D eigenvalue weighted by atomic mass is 19.1. The van der Waals surface area contributed by atoms with Gasteiger partial charge in [-0.2, -0.15) is 0 Å². The molecule has 0 unspecified atom stereocenters. The minimum atomic E-state index is -0.867. The number of rotatable bonds is 6. The summed E-state index contributed by atoms with van der Waals surface area (Å²) in [6.07, 6.45) is -0.147. The maximum atomic E-state index is 14.0. The Bertz CT molecular complexity index is 787. The fourth-order valence-electron chi connectivity index (χ4n) is 2.56. The maximum absolute atomic E-state index is 14.0. The van der Waals surface area contributed by atoms with Crippen LogP contribution in [0, 0.1) is 18.6 Å². The van der Waals surface area contributed by atoms with Crippen LogP contribution in [-0.2, 0) is 23.2 Å². The SMILES string of the molecule is CC(=O)N[C@H](CC(=O)NCc1ccc(C)n1C)c1ccc(F)cc1F. The molecule has 0 aliphatic carbocycles. The van der Waals surface area contributed by atoms with Crippen molar-refractivity contribution in [2.75, 3.05) is 0 Å². The molecule has 134 valence electrons. The van der Waals surface area contributed by atoms with Gasteiger partial charge in [-0.3, -0.25) is 9.59 Å². The van der Waals surface area contributed by atoms with Crippen molar-refractivity contribution in [3.05, 3.63) is 58.9 Å². The molecular weight excluding hydrogens is 328 g/mol. The second-order valence-electron chi connectivity index (χ2n) is 5.92. The van der Waals surface area contributed by atoms with Crippen LogP contribution in [0.4, 0.5) is 8.78 Å². The quantitative estimate of drug-likeness (QED) is 0.842. The van der Waals surface area contributed by atoms with E-state index in [1.165, 1.54) is 13.0 Å². The molecule has 7 heteroatoms. The average Bonchev–Trinajstić information content (AvgIpc) is 2.83. The smallest absolute Gasteiger partial charge is 0.222 e. The Labute approximate surface area is 145 Å². The molecule has 0 bridgehead atoms. The molecule has 2 amide bonds. The maximum Gasteiger partial charge on any atom is 0.222 e. The number of amides is 2. The Balaban J connectivity index is 2.07. The zero-order valence-electron chi connectivity index (χ0n) is 14.4. The summed E-state index contributed by atoms with van der Waals surface area (Å²) in [5.41, 5.74) is 2.06. The van der Waals surface area contributed by atoms with Gasteiger partial charge in [0, 0.05) is 37.0 Å². The van der Waals surface area contributed by atoms with E-state index >= 15 is 0 Å². The van der Waals surface area contributed by atoms with Crippen molar-refractivity contribution in [1.82, 2.24) is 15.2 Å². The van der Waals surface area contributed by atoms with E-state index in [1.807, 2.05) is 30.7 Å². The highest BCUT2D eigenvalue weighted by molar-refractivity contribution is 5.79. The summed E-state index contributed by atoms with van der Waals surface area (Å²) in [5.74, 6) is -2.27. The first-order valence-electron chi connectivity index (χ1n) is 7.88. The first-order valence-corrected chi connectivity index (χ1v) is 7.88. The molecule has 0 radical (unpaired) electrons.